The first-order valence-corrected chi connectivity index (χ1v) is 13.5. The molecule has 2 aromatic carbocycles. The molecule has 3 aromatic rings. The Kier molecular flexibility index (Phi) is 8.31. The second-order valence-electron chi connectivity index (χ2n) is 8.00. The third kappa shape index (κ3) is 5.80. The number of halogens is 3. The van der Waals surface area contributed by atoms with Crippen LogP contribution in [-0.4, -0.2) is 26.4 Å². The van der Waals surface area contributed by atoms with E-state index < -0.39 is 11.9 Å². The van der Waals surface area contributed by atoms with Crippen molar-refractivity contribution in [3.8, 4) is 5.75 Å². The Morgan fingerprint density at radius 3 is 2.80 bits per heavy atom. The molecule has 0 saturated heterocycles. The Bertz CT molecular complexity index is 1300. The van der Waals surface area contributed by atoms with Gasteiger partial charge in [-0.15, -0.1) is 5.10 Å². The molecule has 0 radical (unpaired) electrons. The number of allylic oxidation sites excluding steroid dienone is 1. The summed E-state index contributed by atoms with van der Waals surface area (Å²) in [4.78, 5) is 17.2. The van der Waals surface area contributed by atoms with E-state index >= 15 is 0 Å². The highest BCUT2D eigenvalue weighted by molar-refractivity contribution is 9.10. The van der Waals surface area contributed by atoms with Crippen LogP contribution < -0.4 is 15.8 Å². The number of hydrogen-bond donors (Lipinski definition) is 2. The fourth-order valence-electron chi connectivity index (χ4n) is 3.77. The number of nitrogens with zero attached hydrogens (tertiary/aromatic N) is 3. The van der Waals surface area contributed by atoms with Crippen molar-refractivity contribution in [1.82, 2.24) is 14.8 Å². The van der Waals surface area contributed by atoms with Gasteiger partial charge in [-0.3, -0.25) is 4.79 Å². The molecule has 1 aliphatic heterocycles. The number of nitrogens with one attached hydrogen (secondary N) is 1. The Balaban J connectivity index is 1.75. The number of aromatic nitrogens is 3. The van der Waals surface area contributed by atoms with Gasteiger partial charge in [0.05, 0.1) is 5.57 Å². The van der Waals surface area contributed by atoms with Crippen LogP contribution in [0.4, 0.5) is 5.95 Å². The van der Waals surface area contributed by atoms with Gasteiger partial charge < -0.3 is 15.8 Å². The van der Waals surface area contributed by atoms with E-state index in [1.165, 1.54) is 0 Å². The highest BCUT2D eigenvalue weighted by Gasteiger charge is 2.35. The molecule has 1 amide bonds. The minimum atomic E-state index is -0.620. The van der Waals surface area contributed by atoms with Crippen molar-refractivity contribution in [2.45, 2.75) is 44.5 Å². The number of benzene rings is 2. The molecule has 1 aliphatic rings. The number of primary amides is 1. The third-order valence-electron chi connectivity index (χ3n) is 5.49. The highest BCUT2D eigenvalue weighted by Crippen LogP contribution is 2.41. The van der Waals surface area contributed by atoms with Crippen molar-refractivity contribution in [3.05, 3.63) is 73.3 Å². The van der Waals surface area contributed by atoms with Gasteiger partial charge in [0.1, 0.15) is 18.4 Å². The second kappa shape index (κ2) is 11.2. The number of fused-ring (bicyclic) bond motifs is 1. The van der Waals surface area contributed by atoms with E-state index in [9.17, 15) is 4.79 Å². The average Bonchev–Trinajstić information content (AvgIpc) is 3.20. The van der Waals surface area contributed by atoms with Gasteiger partial charge in [0.15, 0.2) is 0 Å². The van der Waals surface area contributed by atoms with Crippen LogP contribution in [0, 0.1) is 0 Å². The monoisotopic (exact) mass is 595 g/mol. The molecule has 0 aliphatic carbocycles. The van der Waals surface area contributed by atoms with Crippen LogP contribution in [0.5, 0.6) is 5.75 Å². The van der Waals surface area contributed by atoms with Crippen LogP contribution in [-0.2, 0) is 11.4 Å². The predicted molar refractivity (Wildman–Crippen MR) is 144 cm³/mol. The number of ether oxygens (including phenoxy) is 1. The Morgan fingerprint density at radius 1 is 1.29 bits per heavy atom. The van der Waals surface area contributed by atoms with Crippen molar-refractivity contribution in [3.63, 3.8) is 0 Å². The topological polar surface area (TPSA) is 95.1 Å². The van der Waals surface area contributed by atoms with Gasteiger partial charge in [-0.05, 0) is 43.7 Å². The molecule has 7 nitrogen and oxygen atoms in total. The number of anilines is 1. The van der Waals surface area contributed by atoms with E-state index in [0.29, 0.717) is 38.2 Å². The summed E-state index contributed by atoms with van der Waals surface area (Å²) in [5.74, 6) is 1.47. The normalized spacial score (nSPS) is 15.1. The Labute approximate surface area is 226 Å². The minimum absolute atomic E-state index is 0.215. The van der Waals surface area contributed by atoms with Crippen molar-refractivity contribution in [2.75, 3.05) is 11.1 Å². The molecule has 0 bridgehead atoms. The fraction of sp³-hybridized carbons (Fsp3) is 0.292. The summed E-state index contributed by atoms with van der Waals surface area (Å²) in [5, 5.41) is 9.60. The van der Waals surface area contributed by atoms with Crippen LogP contribution in [0.15, 0.2) is 57.3 Å². The molecule has 0 saturated carbocycles. The van der Waals surface area contributed by atoms with Gasteiger partial charge in [0, 0.05) is 37.1 Å². The quantitative estimate of drug-likeness (QED) is 0.214. The molecular weight excluding hydrogens is 573 g/mol. The van der Waals surface area contributed by atoms with E-state index in [2.05, 4.69) is 33.2 Å². The maximum Gasteiger partial charge on any atom is 0.248 e. The average molecular weight is 597 g/mol. The summed E-state index contributed by atoms with van der Waals surface area (Å²) in [7, 11) is 0. The number of thioether (sulfide) groups is 1. The standard InChI is InChI=1S/C24H24BrCl2N5O2S/c1-3-4-9-35-24-30-23-29-13(2)20(22(28)33)21(32(23)31-24)17-10-15(25)6-8-19(17)34-12-14-5-7-16(26)11-18(14)27/h5-8,10-11,21H,3-4,9,12H2,1-2H3,(H2,28,33)(H,29,30,31). The molecule has 2 heterocycles. The van der Waals surface area contributed by atoms with Crippen LogP contribution in [0.25, 0.3) is 0 Å². The van der Waals surface area contributed by atoms with E-state index in [0.717, 1.165) is 34.2 Å². The lowest BCUT2D eigenvalue weighted by molar-refractivity contribution is -0.115. The number of nitrogens with two attached hydrogens (primary N) is 1. The summed E-state index contributed by atoms with van der Waals surface area (Å²) >= 11 is 17.5. The SMILES string of the molecule is CCCCSc1nc2n(n1)C(c1cc(Br)ccc1OCc1ccc(Cl)cc1Cl)C(C(N)=O)=C(C)N2. The van der Waals surface area contributed by atoms with Gasteiger partial charge in [-0.1, -0.05) is 70.3 Å². The molecule has 184 valence electrons. The van der Waals surface area contributed by atoms with Crippen LogP contribution in [0.1, 0.15) is 43.9 Å². The fourth-order valence-corrected chi connectivity index (χ4v) is 5.52. The summed E-state index contributed by atoms with van der Waals surface area (Å²) in [6, 6.07) is 10.3. The molecule has 11 heteroatoms. The van der Waals surface area contributed by atoms with Gasteiger partial charge in [0.25, 0.3) is 0 Å². The third-order valence-corrected chi connectivity index (χ3v) is 7.50. The molecule has 1 unspecified atom stereocenters. The van der Waals surface area contributed by atoms with Crippen LogP contribution >= 0.6 is 50.9 Å². The first-order chi connectivity index (χ1) is 16.8. The van der Waals surface area contributed by atoms with Gasteiger partial charge in [-0.25, -0.2) is 4.68 Å². The number of carbonyl (C=O) groups is 1. The smallest absolute Gasteiger partial charge is 0.248 e. The lowest BCUT2D eigenvalue weighted by atomic mass is 9.94. The zero-order chi connectivity index (χ0) is 25.1. The van der Waals surface area contributed by atoms with Gasteiger partial charge in [0.2, 0.25) is 17.0 Å². The number of rotatable bonds is 9. The van der Waals surface area contributed by atoms with E-state index in [4.69, 9.17) is 38.8 Å². The van der Waals surface area contributed by atoms with Crippen molar-refractivity contribution >= 4 is 62.7 Å². The molecule has 1 aromatic heterocycles. The molecule has 4 rings (SSSR count). The first-order valence-electron chi connectivity index (χ1n) is 11.0. The van der Waals surface area contributed by atoms with Gasteiger partial charge in [-0.2, -0.15) is 4.98 Å². The van der Waals surface area contributed by atoms with Crippen molar-refractivity contribution in [1.29, 1.82) is 0 Å². The number of unbranched alkanes of at least 4 members (excludes halogenated alkanes) is 1. The van der Waals surface area contributed by atoms with Crippen LogP contribution in [0.2, 0.25) is 10.0 Å². The van der Waals surface area contributed by atoms with Gasteiger partial charge >= 0.3 is 0 Å². The number of hydrogen-bond acceptors (Lipinski definition) is 6. The predicted octanol–water partition coefficient (Wildman–Crippen LogP) is 6.59. The molecule has 0 spiro atoms. The summed E-state index contributed by atoms with van der Waals surface area (Å²) < 4.78 is 8.73. The molecule has 0 fully saturated rings. The second-order valence-corrected chi connectivity index (χ2v) is 10.8. The minimum Gasteiger partial charge on any atom is -0.488 e. The molecule has 1 atom stereocenters. The number of amides is 1. The summed E-state index contributed by atoms with van der Waals surface area (Å²) in [6.07, 6.45) is 2.15. The van der Waals surface area contributed by atoms with Crippen molar-refractivity contribution in [2.24, 2.45) is 5.73 Å². The molecule has 3 N–H and O–H groups in total. The van der Waals surface area contributed by atoms with E-state index in [1.807, 2.05) is 24.3 Å². The largest absolute Gasteiger partial charge is 0.488 e. The zero-order valence-corrected chi connectivity index (χ0v) is 23.1. The lowest BCUT2D eigenvalue weighted by Crippen LogP contribution is -2.32. The van der Waals surface area contributed by atoms with Crippen molar-refractivity contribution < 1.29 is 9.53 Å². The maximum absolute atomic E-state index is 12.6. The summed E-state index contributed by atoms with van der Waals surface area (Å²) in [5.41, 5.74) is 8.37. The summed E-state index contributed by atoms with van der Waals surface area (Å²) in [6.45, 7) is 4.16. The molecular formula is C24H24BrCl2N5O2S. The van der Waals surface area contributed by atoms with E-state index in [1.54, 1.807) is 35.5 Å². The first kappa shape index (κ1) is 25.9. The number of carbonyl (C=O) groups excluding carboxylic acids is 1. The lowest BCUT2D eigenvalue weighted by Gasteiger charge is -2.29. The zero-order valence-electron chi connectivity index (χ0n) is 19.1. The highest BCUT2D eigenvalue weighted by atomic mass is 79.9. The van der Waals surface area contributed by atoms with E-state index in [-0.39, 0.29) is 6.61 Å². The molecule has 35 heavy (non-hydrogen) atoms. The Hall–Kier alpha value is -2.20. The Morgan fingerprint density at radius 2 is 2.09 bits per heavy atom. The van der Waals surface area contributed by atoms with Crippen LogP contribution in [0.3, 0.4) is 0 Å². The maximum atomic E-state index is 12.6.